The summed E-state index contributed by atoms with van der Waals surface area (Å²) in [6.07, 6.45) is -0.539. The van der Waals surface area contributed by atoms with Crippen LogP contribution in [0.4, 0.5) is 0 Å². The van der Waals surface area contributed by atoms with Gasteiger partial charge < -0.3 is 10.8 Å². The lowest BCUT2D eigenvalue weighted by molar-refractivity contribution is 0.164. The zero-order valence-electron chi connectivity index (χ0n) is 8.28. The maximum absolute atomic E-state index is 9.32. The molecule has 3 N–H and O–H groups in total. The molecule has 1 heterocycles. The predicted molar refractivity (Wildman–Crippen MR) is 52.3 cm³/mol. The van der Waals surface area contributed by atoms with Crippen LogP contribution >= 0.6 is 0 Å². The van der Waals surface area contributed by atoms with Gasteiger partial charge in [-0.1, -0.05) is 6.07 Å². The van der Waals surface area contributed by atoms with Crippen LogP contribution in [0, 0.1) is 13.8 Å². The van der Waals surface area contributed by atoms with E-state index in [0.29, 0.717) is 0 Å². The van der Waals surface area contributed by atoms with Crippen molar-refractivity contribution in [1.82, 2.24) is 4.98 Å². The normalized spacial score (nSPS) is 15.5. The van der Waals surface area contributed by atoms with E-state index in [2.05, 4.69) is 4.98 Å². The Morgan fingerprint density at radius 2 is 2.00 bits per heavy atom. The minimum Gasteiger partial charge on any atom is -0.391 e. The van der Waals surface area contributed by atoms with Crippen molar-refractivity contribution in [2.45, 2.75) is 32.9 Å². The lowest BCUT2D eigenvalue weighted by Crippen LogP contribution is -2.24. The third kappa shape index (κ3) is 2.26. The Balaban J connectivity index is 3.01. The molecule has 0 aromatic carbocycles. The summed E-state index contributed by atoms with van der Waals surface area (Å²) in [5.41, 5.74) is 8.58. The van der Waals surface area contributed by atoms with E-state index in [0.717, 1.165) is 17.0 Å². The molecule has 3 nitrogen and oxygen atoms in total. The summed E-state index contributed by atoms with van der Waals surface area (Å²) in [5, 5.41) is 9.32. The Bertz CT molecular complexity index is 297. The minimum atomic E-state index is -0.539. The van der Waals surface area contributed by atoms with E-state index in [4.69, 9.17) is 5.73 Å². The van der Waals surface area contributed by atoms with Gasteiger partial charge in [0.1, 0.15) is 0 Å². The number of rotatable bonds is 2. The number of pyridine rings is 1. The van der Waals surface area contributed by atoms with Crippen molar-refractivity contribution in [2.75, 3.05) is 0 Å². The second-order valence-corrected chi connectivity index (χ2v) is 3.39. The molecule has 1 aromatic heterocycles. The van der Waals surface area contributed by atoms with Crippen LogP contribution in [-0.4, -0.2) is 16.2 Å². The number of nitrogens with two attached hydrogens (primary N) is 1. The molecule has 0 spiro atoms. The highest BCUT2D eigenvalue weighted by atomic mass is 16.3. The molecule has 0 bridgehead atoms. The van der Waals surface area contributed by atoms with Crippen molar-refractivity contribution in [3.8, 4) is 0 Å². The topological polar surface area (TPSA) is 59.1 Å². The molecule has 0 aliphatic heterocycles. The summed E-state index contributed by atoms with van der Waals surface area (Å²) >= 11 is 0. The summed E-state index contributed by atoms with van der Waals surface area (Å²) in [6, 6.07) is 3.49. The molecule has 0 aliphatic rings. The SMILES string of the molecule is Cc1ccc(C(N)C(C)O)c(C)n1. The van der Waals surface area contributed by atoms with Gasteiger partial charge in [0, 0.05) is 11.4 Å². The van der Waals surface area contributed by atoms with Crippen LogP contribution in [0.2, 0.25) is 0 Å². The number of hydrogen-bond acceptors (Lipinski definition) is 3. The van der Waals surface area contributed by atoms with Gasteiger partial charge in [-0.25, -0.2) is 0 Å². The van der Waals surface area contributed by atoms with Crippen molar-refractivity contribution in [1.29, 1.82) is 0 Å². The quantitative estimate of drug-likeness (QED) is 0.716. The fraction of sp³-hybridized carbons (Fsp3) is 0.500. The fourth-order valence-electron chi connectivity index (χ4n) is 1.31. The number of aryl methyl sites for hydroxylation is 2. The Labute approximate surface area is 78.6 Å². The lowest BCUT2D eigenvalue weighted by atomic mass is 10.0. The summed E-state index contributed by atoms with van der Waals surface area (Å²) in [5.74, 6) is 0. The second kappa shape index (κ2) is 3.85. The summed E-state index contributed by atoms with van der Waals surface area (Å²) in [4.78, 5) is 4.29. The summed E-state index contributed by atoms with van der Waals surface area (Å²) in [6.45, 7) is 5.53. The van der Waals surface area contributed by atoms with Crippen LogP contribution in [0.3, 0.4) is 0 Å². The number of nitrogens with zero attached hydrogens (tertiary/aromatic N) is 1. The van der Waals surface area contributed by atoms with Crippen LogP contribution in [0.15, 0.2) is 12.1 Å². The molecule has 13 heavy (non-hydrogen) atoms. The maximum atomic E-state index is 9.32. The van der Waals surface area contributed by atoms with Crippen molar-refractivity contribution in [3.05, 3.63) is 29.1 Å². The highest BCUT2D eigenvalue weighted by Crippen LogP contribution is 2.17. The van der Waals surface area contributed by atoms with Crippen LogP contribution in [0.25, 0.3) is 0 Å². The third-order valence-electron chi connectivity index (χ3n) is 2.14. The highest BCUT2D eigenvalue weighted by Gasteiger charge is 2.14. The number of aromatic nitrogens is 1. The van der Waals surface area contributed by atoms with Gasteiger partial charge in [-0.05, 0) is 32.4 Å². The molecule has 0 aliphatic carbocycles. The van der Waals surface area contributed by atoms with Gasteiger partial charge in [0.2, 0.25) is 0 Å². The first-order chi connectivity index (χ1) is 6.02. The second-order valence-electron chi connectivity index (χ2n) is 3.39. The van der Waals surface area contributed by atoms with E-state index < -0.39 is 6.10 Å². The predicted octanol–water partition coefficient (Wildman–Crippen LogP) is 1.08. The standard InChI is InChI=1S/C10H16N2O/c1-6-4-5-9(7(2)12-6)10(11)8(3)13/h4-5,8,10,13H,11H2,1-3H3. The molecule has 72 valence electrons. The molecular formula is C10H16N2O. The molecular weight excluding hydrogens is 164 g/mol. The van der Waals surface area contributed by atoms with E-state index in [9.17, 15) is 5.11 Å². The molecule has 1 aromatic rings. The molecule has 0 saturated carbocycles. The van der Waals surface area contributed by atoms with Gasteiger partial charge in [0.05, 0.1) is 12.1 Å². The number of hydrogen-bond donors (Lipinski definition) is 2. The largest absolute Gasteiger partial charge is 0.391 e. The lowest BCUT2D eigenvalue weighted by Gasteiger charge is -2.16. The fourth-order valence-corrected chi connectivity index (χ4v) is 1.31. The van der Waals surface area contributed by atoms with E-state index in [1.54, 1.807) is 6.92 Å². The average molecular weight is 180 g/mol. The van der Waals surface area contributed by atoms with E-state index in [1.807, 2.05) is 26.0 Å². The maximum Gasteiger partial charge on any atom is 0.0705 e. The van der Waals surface area contributed by atoms with E-state index in [-0.39, 0.29) is 6.04 Å². The van der Waals surface area contributed by atoms with E-state index in [1.165, 1.54) is 0 Å². The first kappa shape index (κ1) is 10.2. The highest BCUT2D eigenvalue weighted by molar-refractivity contribution is 5.25. The Morgan fingerprint density at radius 1 is 1.38 bits per heavy atom. The van der Waals surface area contributed by atoms with Gasteiger partial charge in [0.15, 0.2) is 0 Å². The molecule has 2 atom stereocenters. The molecule has 0 amide bonds. The molecule has 0 radical (unpaired) electrons. The molecule has 1 rings (SSSR count). The summed E-state index contributed by atoms with van der Waals surface area (Å²) < 4.78 is 0. The van der Waals surface area contributed by atoms with Crippen LogP contribution in [0.1, 0.15) is 29.9 Å². The first-order valence-corrected chi connectivity index (χ1v) is 4.40. The van der Waals surface area contributed by atoms with Crippen LogP contribution in [-0.2, 0) is 0 Å². The van der Waals surface area contributed by atoms with Crippen LogP contribution < -0.4 is 5.73 Å². The van der Waals surface area contributed by atoms with Gasteiger partial charge in [-0.15, -0.1) is 0 Å². The van der Waals surface area contributed by atoms with Crippen molar-refractivity contribution >= 4 is 0 Å². The smallest absolute Gasteiger partial charge is 0.0705 e. The first-order valence-electron chi connectivity index (χ1n) is 4.40. The number of aliphatic hydroxyl groups is 1. The Morgan fingerprint density at radius 3 is 2.46 bits per heavy atom. The van der Waals surface area contributed by atoms with Gasteiger partial charge in [-0.3, -0.25) is 4.98 Å². The Hall–Kier alpha value is -0.930. The third-order valence-corrected chi connectivity index (χ3v) is 2.14. The zero-order valence-corrected chi connectivity index (χ0v) is 8.28. The van der Waals surface area contributed by atoms with Crippen molar-refractivity contribution in [2.24, 2.45) is 5.73 Å². The number of aliphatic hydroxyl groups excluding tert-OH is 1. The Kier molecular flexibility index (Phi) is 3.01. The average Bonchev–Trinajstić information content (AvgIpc) is 2.03. The van der Waals surface area contributed by atoms with Crippen molar-refractivity contribution in [3.63, 3.8) is 0 Å². The minimum absolute atomic E-state index is 0.340. The molecule has 3 heteroatoms. The molecule has 0 saturated heterocycles. The molecule has 2 unspecified atom stereocenters. The van der Waals surface area contributed by atoms with E-state index >= 15 is 0 Å². The van der Waals surface area contributed by atoms with Gasteiger partial charge >= 0.3 is 0 Å². The van der Waals surface area contributed by atoms with Gasteiger partial charge in [-0.2, -0.15) is 0 Å². The molecule has 0 fully saturated rings. The van der Waals surface area contributed by atoms with Gasteiger partial charge in [0.25, 0.3) is 0 Å². The van der Waals surface area contributed by atoms with Crippen LogP contribution in [0.5, 0.6) is 0 Å². The zero-order chi connectivity index (χ0) is 10.0. The monoisotopic (exact) mass is 180 g/mol. The van der Waals surface area contributed by atoms with Crippen molar-refractivity contribution < 1.29 is 5.11 Å². The summed E-state index contributed by atoms with van der Waals surface area (Å²) in [7, 11) is 0.